The number of carbonyl (C=O) groups is 3. The molecule has 1 atom stereocenters. The molecule has 0 aromatic heterocycles. The summed E-state index contributed by atoms with van der Waals surface area (Å²) in [5, 5.41) is 17.6. The molecule has 0 saturated heterocycles. The lowest BCUT2D eigenvalue weighted by Crippen LogP contribution is -2.44. The highest BCUT2D eigenvalue weighted by atomic mass is 16.6. The summed E-state index contributed by atoms with van der Waals surface area (Å²) < 4.78 is 4.66. The van der Waals surface area contributed by atoms with Crippen LogP contribution in [0.4, 0.5) is 0 Å². The summed E-state index contributed by atoms with van der Waals surface area (Å²) in [5.41, 5.74) is -2.01. The Bertz CT molecular complexity index is 308. The molecule has 0 heterocycles. The van der Waals surface area contributed by atoms with Gasteiger partial charge in [-0.1, -0.05) is 19.9 Å². The van der Waals surface area contributed by atoms with Gasteiger partial charge in [0.05, 0.1) is 6.42 Å². The zero-order valence-electron chi connectivity index (χ0n) is 8.93. The second-order valence-electron chi connectivity index (χ2n) is 3.25. The lowest BCUT2D eigenvalue weighted by atomic mass is 9.94. The van der Waals surface area contributed by atoms with Crippen LogP contribution in [0.2, 0.25) is 0 Å². The molecular formula is C10H14O6. The number of ether oxygens (including phenoxy) is 1. The van der Waals surface area contributed by atoms with Crippen LogP contribution in [0.1, 0.15) is 26.2 Å². The van der Waals surface area contributed by atoms with E-state index in [1.54, 1.807) is 6.92 Å². The maximum absolute atomic E-state index is 11.0. The van der Waals surface area contributed by atoms with Crippen molar-refractivity contribution in [1.29, 1.82) is 0 Å². The van der Waals surface area contributed by atoms with Crippen LogP contribution >= 0.6 is 0 Å². The lowest BCUT2D eigenvalue weighted by Gasteiger charge is -2.26. The second-order valence-corrected chi connectivity index (χ2v) is 3.25. The molecule has 0 bridgehead atoms. The molecule has 0 saturated carbocycles. The van der Waals surface area contributed by atoms with Crippen LogP contribution in [0, 0.1) is 0 Å². The molecule has 0 spiro atoms. The number of hydrogen-bond acceptors (Lipinski definition) is 4. The number of carboxylic acid groups (broad SMARTS) is 2. The minimum absolute atomic E-state index is 0.0613. The maximum atomic E-state index is 11.0. The first-order valence-electron chi connectivity index (χ1n) is 4.68. The summed E-state index contributed by atoms with van der Waals surface area (Å²) in [6, 6.07) is 0. The fourth-order valence-electron chi connectivity index (χ4n) is 1.28. The number of aliphatic carboxylic acids is 2. The molecule has 0 aliphatic heterocycles. The van der Waals surface area contributed by atoms with E-state index in [0.29, 0.717) is 6.42 Å². The highest BCUT2D eigenvalue weighted by Gasteiger charge is 2.43. The van der Waals surface area contributed by atoms with Gasteiger partial charge in [0.2, 0.25) is 5.60 Å². The summed E-state index contributed by atoms with van der Waals surface area (Å²) in [7, 11) is 0. The molecule has 2 N–H and O–H groups in total. The molecule has 0 aromatic carbocycles. The maximum Gasteiger partial charge on any atom is 0.348 e. The van der Waals surface area contributed by atoms with E-state index < -0.39 is 29.9 Å². The molecule has 6 nitrogen and oxygen atoms in total. The van der Waals surface area contributed by atoms with Crippen molar-refractivity contribution in [2.24, 2.45) is 0 Å². The zero-order valence-corrected chi connectivity index (χ0v) is 8.93. The molecule has 16 heavy (non-hydrogen) atoms. The van der Waals surface area contributed by atoms with Crippen molar-refractivity contribution in [3.8, 4) is 0 Å². The summed E-state index contributed by atoms with van der Waals surface area (Å²) >= 11 is 0. The van der Waals surface area contributed by atoms with Crippen LogP contribution < -0.4 is 0 Å². The predicted molar refractivity (Wildman–Crippen MR) is 53.8 cm³/mol. The quantitative estimate of drug-likeness (QED) is 0.496. The molecule has 0 aliphatic rings. The van der Waals surface area contributed by atoms with Gasteiger partial charge >= 0.3 is 17.9 Å². The summed E-state index contributed by atoms with van der Waals surface area (Å²) in [4.78, 5) is 32.6. The van der Waals surface area contributed by atoms with Gasteiger partial charge in [-0.05, 0) is 6.42 Å². The van der Waals surface area contributed by atoms with Crippen molar-refractivity contribution in [3.05, 3.63) is 12.7 Å². The molecule has 0 rings (SSSR count). The Morgan fingerprint density at radius 1 is 1.38 bits per heavy atom. The molecule has 0 amide bonds. The van der Waals surface area contributed by atoms with Crippen molar-refractivity contribution in [2.45, 2.75) is 31.8 Å². The first kappa shape index (κ1) is 14.2. The Labute approximate surface area is 92.5 Å². The van der Waals surface area contributed by atoms with E-state index in [0.717, 1.165) is 6.08 Å². The second kappa shape index (κ2) is 5.89. The fraction of sp³-hybridized carbons (Fsp3) is 0.500. The Kier molecular flexibility index (Phi) is 5.21. The average Bonchev–Trinajstić information content (AvgIpc) is 2.16. The van der Waals surface area contributed by atoms with Crippen molar-refractivity contribution in [2.75, 3.05) is 0 Å². The van der Waals surface area contributed by atoms with Crippen LogP contribution in [0.15, 0.2) is 12.7 Å². The molecule has 1 unspecified atom stereocenters. The van der Waals surface area contributed by atoms with Gasteiger partial charge in [0.25, 0.3) is 0 Å². The summed E-state index contributed by atoms with van der Waals surface area (Å²) in [6.45, 7) is 4.80. The highest BCUT2D eigenvalue weighted by molar-refractivity contribution is 5.89. The zero-order chi connectivity index (χ0) is 12.8. The van der Waals surface area contributed by atoms with Crippen molar-refractivity contribution >= 4 is 17.9 Å². The predicted octanol–water partition coefficient (Wildman–Crippen LogP) is 0.814. The van der Waals surface area contributed by atoms with Gasteiger partial charge in [0, 0.05) is 6.08 Å². The third-order valence-corrected chi connectivity index (χ3v) is 1.94. The van der Waals surface area contributed by atoms with Crippen molar-refractivity contribution in [1.82, 2.24) is 0 Å². The third kappa shape index (κ3) is 3.72. The molecule has 0 radical (unpaired) electrons. The molecule has 0 aliphatic carbocycles. The Balaban J connectivity index is 5.06. The topological polar surface area (TPSA) is 101 Å². The van der Waals surface area contributed by atoms with Crippen molar-refractivity contribution < 1.29 is 29.3 Å². The molecule has 90 valence electrons. The normalized spacial score (nSPS) is 13.6. The van der Waals surface area contributed by atoms with Gasteiger partial charge < -0.3 is 14.9 Å². The molecule has 6 heteroatoms. The Hall–Kier alpha value is -1.85. The average molecular weight is 230 g/mol. The van der Waals surface area contributed by atoms with Crippen LogP contribution in [0.25, 0.3) is 0 Å². The van der Waals surface area contributed by atoms with E-state index in [2.05, 4.69) is 11.3 Å². The van der Waals surface area contributed by atoms with Gasteiger partial charge in [0.1, 0.15) is 0 Å². The smallest absolute Gasteiger partial charge is 0.348 e. The van der Waals surface area contributed by atoms with Gasteiger partial charge in [0.15, 0.2) is 0 Å². The van der Waals surface area contributed by atoms with Gasteiger partial charge in [-0.15, -0.1) is 0 Å². The van der Waals surface area contributed by atoms with Crippen LogP contribution in [-0.2, 0) is 19.1 Å². The number of esters is 1. The van der Waals surface area contributed by atoms with E-state index >= 15 is 0 Å². The third-order valence-electron chi connectivity index (χ3n) is 1.94. The number of carboxylic acids is 2. The number of rotatable bonds is 7. The number of carbonyl (C=O) groups excluding carboxylic acids is 1. The van der Waals surface area contributed by atoms with Gasteiger partial charge in [-0.2, -0.15) is 0 Å². The molecular weight excluding hydrogens is 216 g/mol. The first-order valence-corrected chi connectivity index (χ1v) is 4.68. The lowest BCUT2D eigenvalue weighted by molar-refractivity contribution is -0.180. The molecule has 0 fully saturated rings. The highest BCUT2D eigenvalue weighted by Crippen LogP contribution is 2.24. The van der Waals surface area contributed by atoms with Crippen LogP contribution in [0.5, 0.6) is 0 Å². The first-order chi connectivity index (χ1) is 7.38. The summed E-state index contributed by atoms with van der Waals surface area (Å²) in [6.07, 6.45) is 0.350. The van der Waals surface area contributed by atoms with E-state index in [9.17, 15) is 14.4 Å². The van der Waals surface area contributed by atoms with Gasteiger partial charge in [-0.25, -0.2) is 9.59 Å². The van der Waals surface area contributed by atoms with Crippen LogP contribution in [0.3, 0.4) is 0 Å². The van der Waals surface area contributed by atoms with E-state index in [1.165, 1.54) is 0 Å². The van der Waals surface area contributed by atoms with E-state index in [-0.39, 0.29) is 6.42 Å². The summed E-state index contributed by atoms with van der Waals surface area (Å²) in [5.74, 6) is -3.75. The standard InChI is InChI=1S/C10H14O6/c1-3-5-10(9(14)15,6-7(11)12)16-8(13)4-2/h4H,2-3,5-6H2,1H3,(H,11,12)(H,14,15). The Morgan fingerprint density at radius 2 is 1.94 bits per heavy atom. The van der Waals surface area contributed by atoms with Crippen molar-refractivity contribution in [3.63, 3.8) is 0 Å². The largest absolute Gasteiger partial charge is 0.481 e. The van der Waals surface area contributed by atoms with Crippen LogP contribution in [-0.4, -0.2) is 33.7 Å². The monoisotopic (exact) mass is 230 g/mol. The number of hydrogen-bond donors (Lipinski definition) is 2. The van der Waals surface area contributed by atoms with Gasteiger partial charge in [-0.3, -0.25) is 4.79 Å². The minimum atomic E-state index is -2.01. The minimum Gasteiger partial charge on any atom is -0.481 e. The fourth-order valence-corrected chi connectivity index (χ4v) is 1.28. The van der Waals surface area contributed by atoms with E-state index in [4.69, 9.17) is 10.2 Å². The molecule has 0 aromatic rings. The SMILES string of the molecule is C=CC(=O)OC(CCC)(CC(=O)O)C(=O)O. The Morgan fingerprint density at radius 3 is 2.25 bits per heavy atom. The van der Waals surface area contributed by atoms with E-state index in [1.807, 2.05) is 0 Å².